The van der Waals surface area contributed by atoms with E-state index < -0.39 is 9.84 Å². The number of hydrogen-bond acceptors (Lipinski definition) is 3. The maximum atomic E-state index is 12.5. The highest BCUT2D eigenvalue weighted by Gasteiger charge is 2.35. The minimum absolute atomic E-state index is 0.0737. The zero-order valence-electron chi connectivity index (χ0n) is 15.0. The Morgan fingerprint density at radius 3 is 2.44 bits per heavy atom. The van der Waals surface area contributed by atoms with Gasteiger partial charge in [-0.15, -0.1) is 0 Å². The molecule has 2 saturated heterocycles. The van der Waals surface area contributed by atoms with Crippen LogP contribution in [0.5, 0.6) is 0 Å². The molecule has 2 aliphatic heterocycles. The third kappa shape index (κ3) is 5.05. The minimum atomic E-state index is -2.88. The summed E-state index contributed by atoms with van der Waals surface area (Å²) >= 11 is 0. The fraction of sp³-hybridized carbons (Fsp3) is 0.632. The normalized spacial score (nSPS) is 25.0. The monoisotopic (exact) mass is 365 g/mol. The number of nitrogens with one attached hydrogen (secondary N) is 1. The Morgan fingerprint density at radius 2 is 1.84 bits per heavy atom. The second kappa shape index (κ2) is 7.87. The van der Waals surface area contributed by atoms with Crippen molar-refractivity contribution < 1.29 is 18.1 Å². The molecule has 0 saturated carbocycles. The molecule has 25 heavy (non-hydrogen) atoms. The Hall–Kier alpha value is -1.40. The van der Waals surface area contributed by atoms with E-state index in [4.69, 9.17) is 0 Å². The first kappa shape index (κ1) is 18.4. The third-order valence-electron chi connectivity index (χ3n) is 5.69. The van der Waals surface area contributed by atoms with E-state index in [1.807, 2.05) is 18.0 Å². The summed E-state index contributed by atoms with van der Waals surface area (Å²) in [7, 11) is -0.934. The lowest BCUT2D eigenvalue weighted by Crippen LogP contribution is -3.14. The molecule has 2 atom stereocenters. The predicted molar refractivity (Wildman–Crippen MR) is 98.3 cm³/mol. The third-order valence-corrected chi connectivity index (χ3v) is 7.46. The van der Waals surface area contributed by atoms with E-state index in [0.717, 1.165) is 37.3 Å². The van der Waals surface area contributed by atoms with Gasteiger partial charge in [0.25, 0.3) is 5.91 Å². The minimum Gasteiger partial charge on any atom is -0.338 e. The van der Waals surface area contributed by atoms with Gasteiger partial charge >= 0.3 is 0 Å². The number of hydrogen-bond donors (Lipinski definition) is 1. The first-order chi connectivity index (χ1) is 11.9. The topological polar surface area (TPSA) is 58.9 Å². The summed E-state index contributed by atoms with van der Waals surface area (Å²) in [5, 5.41) is 0. The maximum Gasteiger partial charge on any atom is 0.277 e. The standard InChI is InChI=1S/C19H28N2O3S/c1-20(18-9-12-25(23,24)15-18)14-19(22)21-10-7-17(8-11-21)13-16-5-3-2-4-6-16/h2-6,17-18H,7-15H2,1H3/p+1/t18-/m1/s1. The van der Waals surface area contributed by atoms with Crippen LogP contribution in [-0.2, 0) is 21.1 Å². The Morgan fingerprint density at radius 1 is 1.16 bits per heavy atom. The summed E-state index contributed by atoms with van der Waals surface area (Å²) in [5.41, 5.74) is 1.37. The molecular formula is C19H29N2O3S+. The van der Waals surface area contributed by atoms with E-state index in [2.05, 4.69) is 24.3 Å². The highest BCUT2D eigenvalue weighted by Crippen LogP contribution is 2.21. The van der Waals surface area contributed by atoms with Crippen molar-refractivity contribution in [3.63, 3.8) is 0 Å². The molecule has 0 aromatic heterocycles. The number of rotatable bonds is 5. The van der Waals surface area contributed by atoms with Crippen molar-refractivity contribution in [1.29, 1.82) is 0 Å². The molecule has 1 unspecified atom stereocenters. The van der Waals surface area contributed by atoms with Gasteiger partial charge in [0, 0.05) is 19.5 Å². The van der Waals surface area contributed by atoms with Crippen LogP contribution in [-0.4, -0.2) is 63.5 Å². The molecule has 1 N–H and O–H groups in total. The number of quaternary nitrogens is 1. The number of likely N-dealkylation sites (N-methyl/N-ethyl adjacent to an activating group) is 1. The number of carbonyl (C=O) groups excluding carboxylic acids is 1. The van der Waals surface area contributed by atoms with Gasteiger partial charge in [0.2, 0.25) is 0 Å². The van der Waals surface area contributed by atoms with Crippen LogP contribution in [0.15, 0.2) is 30.3 Å². The van der Waals surface area contributed by atoms with Crippen LogP contribution >= 0.6 is 0 Å². The van der Waals surface area contributed by atoms with E-state index >= 15 is 0 Å². The lowest BCUT2D eigenvalue weighted by atomic mass is 9.90. The first-order valence-electron chi connectivity index (χ1n) is 9.27. The zero-order valence-corrected chi connectivity index (χ0v) is 15.8. The Labute approximate surface area is 150 Å². The van der Waals surface area contributed by atoms with Gasteiger partial charge in [-0.2, -0.15) is 0 Å². The van der Waals surface area contributed by atoms with Crippen LogP contribution in [0.25, 0.3) is 0 Å². The van der Waals surface area contributed by atoms with Gasteiger partial charge in [-0.1, -0.05) is 30.3 Å². The molecule has 0 bridgehead atoms. The summed E-state index contributed by atoms with van der Waals surface area (Å²) in [6, 6.07) is 10.6. The van der Waals surface area contributed by atoms with Crippen LogP contribution in [0, 0.1) is 5.92 Å². The molecular weight excluding hydrogens is 336 g/mol. The molecule has 2 heterocycles. The number of nitrogens with zero attached hydrogens (tertiary/aromatic N) is 1. The predicted octanol–water partition coefficient (Wildman–Crippen LogP) is 0.170. The number of likely N-dealkylation sites (tertiary alicyclic amines) is 1. The van der Waals surface area contributed by atoms with Crippen LogP contribution in [0.1, 0.15) is 24.8 Å². The van der Waals surface area contributed by atoms with Crippen molar-refractivity contribution in [3.8, 4) is 0 Å². The number of sulfone groups is 1. The van der Waals surface area contributed by atoms with E-state index in [1.54, 1.807) is 0 Å². The van der Waals surface area contributed by atoms with Crippen LogP contribution in [0.4, 0.5) is 0 Å². The van der Waals surface area contributed by atoms with E-state index in [-0.39, 0.29) is 23.5 Å². The van der Waals surface area contributed by atoms with Gasteiger partial charge in [-0.3, -0.25) is 4.79 Å². The quantitative estimate of drug-likeness (QED) is 0.809. The highest BCUT2D eigenvalue weighted by molar-refractivity contribution is 7.91. The van der Waals surface area contributed by atoms with E-state index in [9.17, 15) is 13.2 Å². The number of carbonyl (C=O) groups is 1. The Kier molecular flexibility index (Phi) is 5.79. The number of amides is 1. The summed E-state index contributed by atoms with van der Waals surface area (Å²) in [4.78, 5) is 15.6. The first-order valence-corrected chi connectivity index (χ1v) is 11.1. The smallest absolute Gasteiger partial charge is 0.277 e. The zero-order chi connectivity index (χ0) is 17.9. The molecule has 2 aliphatic rings. The summed E-state index contributed by atoms with van der Waals surface area (Å²) in [6.45, 7) is 2.06. The fourth-order valence-corrected chi connectivity index (χ4v) is 5.89. The Balaban J connectivity index is 1.44. The second-order valence-corrected chi connectivity index (χ2v) is 9.87. The molecule has 2 fully saturated rings. The lowest BCUT2D eigenvalue weighted by molar-refractivity contribution is -0.894. The van der Waals surface area contributed by atoms with Crippen molar-refractivity contribution in [2.24, 2.45) is 5.92 Å². The molecule has 3 rings (SSSR count). The van der Waals surface area contributed by atoms with Gasteiger partial charge in [0.1, 0.15) is 11.8 Å². The van der Waals surface area contributed by atoms with Crippen LogP contribution in [0.3, 0.4) is 0 Å². The number of piperidine rings is 1. The van der Waals surface area contributed by atoms with Gasteiger partial charge in [0.15, 0.2) is 16.4 Å². The van der Waals surface area contributed by atoms with Crippen molar-refractivity contribution in [2.45, 2.75) is 31.7 Å². The summed E-state index contributed by atoms with van der Waals surface area (Å²) < 4.78 is 23.2. The molecule has 1 aromatic rings. The van der Waals surface area contributed by atoms with E-state index in [0.29, 0.717) is 18.9 Å². The molecule has 1 amide bonds. The largest absolute Gasteiger partial charge is 0.338 e. The van der Waals surface area contributed by atoms with Crippen molar-refractivity contribution in [2.75, 3.05) is 38.2 Å². The van der Waals surface area contributed by atoms with Crippen molar-refractivity contribution in [1.82, 2.24) is 4.90 Å². The lowest BCUT2D eigenvalue weighted by Gasteiger charge is -2.33. The average Bonchev–Trinajstić information content (AvgIpc) is 2.96. The average molecular weight is 366 g/mol. The number of benzene rings is 1. The van der Waals surface area contributed by atoms with Gasteiger partial charge < -0.3 is 9.80 Å². The highest BCUT2D eigenvalue weighted by atomic mass is 32.2. The molecule has 5 nitrogen and oxygen atoms in total. The van der Waals surface area contributed by atoms with Gasteiger partial charge in [-0.05, 0) is 30.7 Å². The van der Waals surface area contributed by atoms with Crippen molar-refractivity contribution >= 4 is 15.7 Å². The molecule has 6 heteroatoms. The van der Waals surface area contributed by atoms with Crippen molar-refractivity contribution in [3.05, 3.63) is 35.9 Å². The molecule has 0 spiro atoms. The van der Waals surface area contributed by atoms with Crippen LogP contribution < -0.4 is 4.90 Å². The summed E-state index contributed by atoms with van der Waals surface area (Å²) in [6.07, 6.45) is 3.88. The molecule has 0 radical (unpaired) electrons. The Bertz CT molecular complexity index is 682. The molecule has 1 aromatic carbocycles. The van der Waals surface area contributed by atoms with Gasteiger partial charge in [-0.25, -0.2) is 8.42 Å². The molecule has 0 aliphatic carbocycles. The summed E-state index contributed by atoms with van der Waals surface area (Å²) in [5.74, 6) is 1.32. The maximum absolute atomic E-state index is 12.5. The SMILES string of the molecule is C[NH+](CC(=O)N1CCC(Cc2ccccc2)CC1)[C@@H]1CCS(=O)(=O)C1. The van der Waals surface area contributed by atoms with E-state index in [1.165, 1.54) is 5.56 Å². The van der Waals surface area contributed by atoms with Gasteiger partial charge in [0.05, 0.1) is 12.8 Å². The molecule has 138 valence electrons. The van der Waals surface area contributed by atoms with Crippen LogP contribution in [0.2, 0.25) is 0 Å². The fourth-order valence-electron chi connectivity index (χ4n) is 4.01. The second-order valence-electron chi connectivity index (χ2n) is 7.64.